The number of carbonyl (C=O) groups excluding carboxylic acids is 1. The summed E-state index contributed by atoms with van der Waals surface area (Å²) in [5.74, 6) is 0.366. The van der Waals surface area contributed by atoms with Gasteiger partial charge in [-0.05, 0) is 30.7 Å². The molecule has 1 fully saturated rings. The van der Waals surface area contributed by atoms with E-state index >= 15 is 0 Å². The van der Waals surface area contributed by atoms with Crippen LogP contribution in [-0.4, -0.2) is 57.0 Å². The number of sulfone groups is 1. The van der Waals surface area contributed by atoms with Gasteiger partial charge in [0.05, 0.1) is 23.1 Å². The molecule has 1 aromatic carbocycles. The molecular weight excluding hydrogens is 378 g/mol. The molecule has 0 bridgehead atoms. The quantitative estimate of drug-likeness (QED) is 0.749. The number of ether oxygens (including phenoxy) is 1. The molecule has 3 rings (SSSR count). The van der Waals surface area contributed by atoms with E-state index in [2.05, 4.69) is 0 Å². The Kier molecular flexibility index (Phi) is 5.70. The molecule has 2 aromatic rings. The summed E-state index contributed by atoms with van der Waals surface area (Å²) in [6.45, 7) is 0.623. The highest BCUT2D eigenvalue weighted by molar-refractivity contribution is 7.91. The molecule has 1 amide bonds. The second-order valence-electron chi connectivity index (χ2n) is 6.19. The maximum Gasteiger partial charge on any atom is 0.289 e. The molecule has 140 valence electrons. The van der Waals surface area contributed by atoms with Crippen LogP contribution >= 0.6 is 11.6 Å². The van der Waals surface area contributed by atoms with E-state index in [0.717, 1.165) is 0 Å². The number of nitrogens with zero attached hydrogens (tertiary/aromatic N) is 1. The number of furan rings is 1. The van der Waals surface area contributed by atoms with Crippen molar-refractivity contribution in [2.75, 3.05) is 31.8 Å². The van der Waals surface area contributed by atoms with E-state index in [9.17, 15) is 13.2 Å². The molecule has 2 heterocycles. The van der Waals surface area contributed by atoms with Crippen molar-refractivity contribution in [3.05, 3.63) is 47.2 Å². The van der Waals surface area contributed by atoms with Crippen molar-refractivity contribution in [1.29, 1.82) is 0 Å². The van der Waals surface area contributed by atoms with Crippen LogP contribution in [0.25, 0.3) is 11.3 Å². The molecule has 1 unspecified atom stereocenters. The molecule has 0 saturated carbocycles. The monoisotopic (exact) mass is 397 g/mol. The summed E-state index contributed by atoms with van der Waals surface area (Å²) in [7, 11) is -1.57. The van der Waals surface area contributed by atoms with Gasteiger partial charge in [0.2, 0.25) is 0 Å². The van der Waals surface area contributed by atoms with E-state index in [1.165, 1.54) is 12.0 Å². The Morgan fingerprint density at radius 3 is 2.73 bits per heavy atom. The number of amides is 1. The van der Waals surface area contributed by atoms with Crippen LogP contribution in [0.5, 0.6) is 0 Å². The number of carbonyl (C=O) groups is 1. The first-order chi connectivity index (χ1) is 12.4. The molecule has 1 saturated heterocycles. The first-order valence-corrected chi connectivity index (χ1v) is 10.5. The summed E-state index contributed by atoms with van der Waals surface area (Å²) in [5, 5.41) is 0.527. The minimum Gasteiger partial charge on any atom is -0.451 e. The molecule has 0 aliphatic carbocycles. The third-order valence-electron chi connectivity index (χ3n) is 4.40. The fourth-order valence-electron chi connectivity index (χ4n) is 3.06. The minimum absolute atomic E-state index is 0.0272. The van der Waals surface area contributed by atoms with Gasteiger partial charge in [0, 0.05) is 25.3 Å². The van der Waals surface area contributed by atoms with Crippen molar-refractivity contribution in [3.8, 4) is 11.3 Å². The van der Waals surface area contributed by atoms with Gasteiger partial charge in [0.15, 0.2) is 15.6 Å². The first-order valence-electron chi connectivity index (χ1n) is 8.26. The van der Waals surface area contributed by atoms with Gasteiger partial charge in [0.1, 0.15) is 5.76 Å². The zero-order valence-electron chi connectivity index (χ0n) is 14.4. The maximum absolute atomic E-state index is 12.9. The Hall–Kier alpha value is -1.83. The van der Waals surface area contributed by atoms with E-state index in [1.807, 2.05) is 18.2 Å². The summed E-state index contributed by atoms with van der Waals surface area (Å²) in [4.78, 5) is 14.5. The Bertz CT molecular complexity index is 892. The van der Waals surface area contributed by atoms with E-state index < -0.39 is 9.84 Å². The van der Waals surface area contributed by atoms with E-state index in [1.54, 1.807) is 18.2 Å². The molecule has 0 N–H and O–H groups in total. The normalized spacial score (nSPS) is 18.8. The van der Waals surface area contributed by atoms with Crippen LogP contribution in [0.15, 0.2) is 40.8 Å². The highest BCUT2D eigenvalue weighted by Crippen LogP contribution is 2.30. The lowest BCUT2D eigenvalue weighted by Gasteiger charge is -2.27. The fraction of sp³-hybridized carbons (Fsp3) is 0.389. The van der Waals surface area contributed by atoms with Crippen molar-refractivity contribution in [2.24, 2.45) is 0 Å². The minimum atomic E-state index is -3.11. The SMILES string of the molecule is COCCN(C(=O)c1ccc(-c2ccccc2Cl)o1)C1CCS(=O)(=O)C1. The molecule has 1 aliphatic rings. The van der Waals surface area contributed by atoms with Gasteiger partial charge in [-0.3, -0.25) is 4.79 Å². The lowest BCUT2D eigenvalue weighted by Crippen LogP contribution is -2.42. The highest BCUT2D eigenvalue weighted by atomic mass is 35.5. The van der Waals surface area contributed by atoms with Gasteiger partial charge < -0.3 is 14.1 Å². The molecule has 0 spiro atoms. The summed E-state index contributed by atoms with van der Waals surface area (Å²) in [6.07, 6.45) is 0.426. The molecule has 1 atom stereocenters. The number of halogens is 1. The van der Waals surface area contributed by atoms with Crippen molar-refractivity contribution >= 4 is 27.3 Å². The van der Waals surface area contributed by atoms with Crippen LogP contribution in [0.1, 0.15) is 17.0 Å². The molecule has 8 heteroatoms. The number of hydrogen-bond donors (Lipinski definition) is 0. The van der Waals surface area contributed by atoms with Crippen molar-refractivity contribution in [2.45, 2.75) is 12.5 Å². The highest BCUT2D eigenvalue weighted by Gasteiger charge is 2.35. The third kappa shape index (κ3) is 4.11. The molecule has 26 heavy (non-hydrogen) atoms. The van der Waals surface area contributed by atoms with Crippen LogP contribution in [0.4, 0.5) is 0 Å². The lowest BCUT2D eigenvalue weighted by molar-refractivity contribution is 0.0594. The third-order valence-corrected chi connectivity index (χ3v) is 6.48. The summed E-state index contributed by atoms with van der Waals surface area (Å²) in [6, 6.07) is 10.1. The molecular formula is C18H20ClNO5S. The molecule has 1 aromatic heterocycles. The van der Waals surface area contributed by atoms with E-state index in [0.29, 0.717) is 35.9 Å². The van der Waals surface area contributed by atoms with Gasteiger partial charge in [-0.1, -0.05) is 23.7 Å². The standard InChI is InChI=1S/C18H20ClNO5S/c1-24-10-9-20(13-8-11-26(22,23)12-13)18(21)17-7-6-16(25-17)14-4-2-3-5-15(14)19/h2-7,13H,8-12H2,1H3. The van der Waals surface area contributed by atoms with Crippen LogP contribution < -0.4 is 0 Å². The number of hydrogen-bond acceptors (Lipinski definition) is 5. The fourth-order valence-corrected chi connectivity index (χ4v) is 5.02. The molecule has 1 aliphatic heterocycles. The molecule has 0 radical (unpaired) electrons. The molecule has 6 nitrogen and oxygen atoms in total. The average Bonchev–Trinajstić information content (AvgIpc) is 3.22. The zero-order valence-corrected chi connectivity index (χ0v) is 15.9. The summed E-state index contributed by atoms with van der Waals surface area (Å²) >= 11 is 6.18. The largest absolute Gasteiger partial charge is 0.451 e. The Morgan fingerprint density at radius 1 is 1.31 bits per heavy atom. The Morgan fingerprint density at radius 2 is 2.08 bits per heavy atom. The van der Waals surface area contributed by atoms with Crippen LogP contribution in [-0.2, 0) is 14.6 Å². The number of methoxy groups -OCH3 is 1. The zero-order chi connectivity index (χ0) is 18.7. The number of rotatable bonds is 6. The predicted octanol–water partition coefficient (Wildman–Crippen LogP) is 2.88. The van der Waals surface area contributed by atoms with Crippen molar-refractivity contribution in [1.82, 2.24) is 4.90 Å². The van der Waals surface area contributed by atoms with E-state index in [4.69, 9.17) is 20.8 Å². The van der Waals surface area contributed by atoms with Gasteiger partial charge in [-0.25, -0.2) is 8.42 Å². The Labute approximate surface area is 157 Å². The van der Waals surface area contributed by atoms with Crippen LogP contribution in [0, 0.1) is 0 Å². The lowest BCUT2D eigenvalue weighted by atomic mass is 10.2. The smallest absolute Gasteiger partial charge is 0.289 e. The predicted molar refractivity (Wildman–Crippen MR) is 99.1 cm³/mol. The van der Waals surface area contributed by atoms with Crippen molar-refractivity contribution < 1.29 is 22.4 Å². The van der Waals surface area contributed by atoms with Gasteiger partial charge in [0.25, 0.3) is 5.91 Å². The van der Waals surface area contributed by atoms with Gasteiger partial charge in [-0.2, -0.15) is 0 Å². The first kappa shape index (κ1) is 18.9. The van der Waals surface area contributed by atoms with E-state index in [-0.39, 0.29) is 29.2 Å². The van der Waals surface area contributed by atoms with Gasteiger partial charge >= 0.3 is 0 Å². The summed E-state index contributed by atoms with van der Waals surface area (Å²) < 4.78 is 34.4. The van der Waals surface area contributed by atoms with Crippen LogP contribution in [0.2, 0.25) is 5.02 Å². The number of benzene rings is 1. The van der Waals surface area contributed by atoms with Crippen molar-refractivity contribution in [3.63, 3.8) is 0 Å². The maximum atomic E-state index is 12.9. The summed E-state index contributed by atoms with van der Waals surface area (Å²) in [5.41, 5.74) is 0.695. The topological polar surface area (TPSA) is 76.8 Å². The average molecular weight is 398 g/mol. The Balaban J connectivity index is 1.84. The second kappa shape index (κ2) is 7.82. The van der Waals surface area contributed by atoms with Gasteiger partial charge in [-0.15, -0.1) is 0 Å². The van der Waals surface area contributed by atoms with Crippen LogP contribution in [0.3, 0.4) is 0 Å². The second-order valence-corrected chi connectivity index (χ2v) is 8.83.